The molecule has 1 atom stereocenters. The molecule has 1 aromatic heterocycles. The number of halogens is 1. The van der Waals surface area contributed by atoms with E-state index >= 15 is 0 Å². The van der Waals surface area contributed by atoms with Crippen LogP contribution in [0.5, 0.6) is 0 Å². The van der Waals surface area contributed by atoms with Crippen LogP contribution in [0.15, 0.2) is 12.1 Å². The van der Waals surface area contributed by atoms with Gasteiger partial charge in [0.05, 0.1) is 11.1 Å². The van der Waals surface area contributed by atoms with Crippen LogP contribution in [0.1, 0.15) is 52.9 Å². The van der Waals surface area contributed by atoms with E-state index in [0.29, 0.717) is 11.1 Å². The number of hydrogen-bond donors (Lipinski definition) is 3. The number of aryl methyl sites for hydroxylation is 2. The van der Waals surface area contributed by atoms with E-state index in [4.69, 9.17) is 11.5 Å². The molecule has 120 valence electrons. The molecule has 0 saturated heterocycles. The smallest absolute Gasteiger partial charge is 0.250 e. The second kappa shape index (κ2) is 5.20. The topological polar surface area (TPSA) is 84.9 Å². The number of aromatic amines is 1. The van der Waals surface area contributed by atoms with Crippen LogP contribution in [0, 0.1) is 5.82 Å². The van der Waals surface area contributed by atoms with Crippen molar-refractivity contribution < 1.29 is 9.18 Å². The fraction of sp³-hybridized carbons (Fsp3) is 0.389. The lowest BCUT2D eigenvalue weighted by molar-refractivity contribution is 0.100. The average molecular weight is 313 g/mol. The number of H-pyrrole nitrogens is 1. The monoisotopic (exact) mass is 313 g/mol. The van der Waals surface area contributed by atoms with Crippen molar-refractivity contribution in [2.45, 2.75) is 44.6 Å². The average Bonchev–Trinajstić information content (AvgIpc) is 3.07. The highest BCUT2D eigenvalue weighted by molar-refractivity contribution is 6.09. The van der Waals surface area contributed by atoms with Gasteiger partial charge in [-0.3, -0.25) is 4.79 Å². The molecule has 4 rings (SSSR count). The first-order chi connectivity index (χ1) is 11.1. The Balaban J connectivity index is 2.06. The van der Waals surface area contributed by atoms with Gasteiger partial charge in [0.25, 0.3) is 5.91 Å². The van der Waals surface area contributed by atoms with E-state index in [1.165, 1.54) is 6.07 Å². The lowest BCUT2D eigenvalue weighted by atomic mass is 9.87. The second-order valence-electron chi connectivity index (χ2n) is 6.58. The molecule has 0 radical (unpaired) electrons. The van der Waals surface area contributed by atoms with Crippen LogP contribution in [0.3, 0.4) is 0 Å². The molecule has 5 N–H and O–H groups in total. The minimum Gasteiger partial charge on any atom is -0.366 e. The van der Waals surface area contributed by atoms with Crippen molar-refractivity contribution in [2.24, 2.45) is 11.5 Å². The molecule has 0 bridgehead atoms. The van der Waals surface area contributed by atoms with Gasteiger partial charge in [-0.05, 0) is 55.7 Å². The number of rotatable bonds is 2. The van der Waals surface area contributed by atoms with Gasteiger partial charge >= 0.3 is 0 Å². The van der Waals surface area contributed by atoms with Crippen molar-refractivity contribution in [1.82, 2.24) is 4.98 Å². The summed E-state index contributed by atoms with van der Waals surface area (Å²) >= 11 is 0. The van der Waals surface area contributed by atoms with Crippen LogP contribution in [-0.4, -0.2) is 16.9 Å². The summed E-state index contributed by atoms with van der Waals surface area (Å²) in [7, 11) is 0. The molecule has 4 nitrogen and oxygen atoms in total. The van der Waals surface area contributed by atoms with Gasteiger partial charge in [-0.1, -0.05) is 6.08 Å². The number of aromatic nitrogens is 1. The van der Waals surface area contributed by atoms with E-state index < -0.39 is 5.91 Å². The minimum atomic E-state index is -0.602. The first-order valence-electron chi connectivity index (χ1n) is 8.18. The molecule has 23 heavy (non-hydrogen) atoms. The number of carbonyl (C=O) groups is 1. The molecule has 1 unspecified atom stereocenters. The third-order valence-corrected chi connectivity index (χ3v) is 5.06. The highest BCUT2D eigenvalue weighted by Crippen LogP contribution is 2.40. The molecule has 2 aromatic rings. The van der Waals surface area contributed by atoms with Gasteiger partial charge in [-0.15, -0.1) is 0 Å². The molecule has 2 aliphatic rings. The number of amides is 1. The van der Waals surface area contributed by atoms with Gasteiger partial charge in [0.1, 0.15) is 5.82 Å². The normalized spacial score (nSPS) is 20.6. The number of nitrogens with two attached hydrogens (primary N) is 2. The van der Waals surface area contributed by atoms with Crippen LogP contribution < -0.4 is 11.5 Å². The van der Waals surface area contributed by atoms with Crippen LogP contribution >= 0.6 is 0 Å². The summed E-state index contributed by atoms with van der Waals surface area (Å²) in [4.78, 5) is 15.1. The zero-order valence-electron chi connectivity index (χ0n) is 12.9. The Kier molecular flexibility index (Phi) is 3.27. The van der Waals surface area contributed by atoms with E-state index in [1.807, 2.05) is 6.08 Å². The molecule has 0 aliphatic heterocycles. The molecular formula is C18H20FN3O. The molecule has 2 aliphatic carbocycles. The fourth-order valence-electron chi connectivity index (χ4n) is 4.06. The Morgan fingerprint density at radius 1 is 1.26 bits per heavy atom. The van der Waals surface area contributed by atoms with Gasteiger partial charge in [0.15, 0.2) is 0 Å². The number of fused-ring (bicyclic) bond motifs is 3. The Morgan fingerprint density at radius 2 is 2.09 bits per heavy atom. The number of primary amides is 1. The zero-order chi connectivity index (χ0) is 16.1. The van der Waals surface area contributed by atoms with E-state index in [9.17, 15) is 9.18 Å². The van der Waals surface area contributed by atoms with Crippen LogP contribution in [0.2, 0.25) is 0 Å². The second-order valence-corrected chi connectivity index (χ2v) is 6.58. The summed E-state index contributed by atoms with van der Waals surface area (Å²) in [6, 6.07) is 1.24. The number of nitrogens with one attached hydrogen (secondary N) is 1. The number of benzene rings is 1. The SMILES string of the molecule is NC(=O)c1cc(F)c(C2=CC(N)CCC2)c2c3c([nH]c12)CCC3. The number of carbonyl (C=O) groups excluding carboxylic acids is 1. The summed E-state index contributed by atoms with van der Waals surface area (Å²) in [5, 5.41) is 0.839. The molecule has 0 fully saturated rings. The molecule has 0 spiro atoms. The Bertz CT molecular complexity index is 850. The zero-order valence-corrected chi connectivity index (χ0v) is 12.9. The van der Waals surface area contributed by atoms with Gasteiger partial charge in [0.2, 0.25) is 0 Å². The predicted octanol–water partition coefficient (Wildman–Crippen LogP) is 2.79. The van der Waals surface area contributed by atoms with Crippen molar-refractivity contribution in [3.8, 4) is 0 Å². The maximum atomic E-state index is 14.9. The highest BCUT2D eigenvalue weighted by atomic mass is 19.1. The van der Waals surface area contributed by atoms with Crippen LogP contribution in [0.4, 0.5) is 4.39 Å². The van der Waals surface area contributed by atoms with Gasteiger partial charge < -0.3 is 16.5 Å². The standard InChI is InChI=1S/C18H20FN3O/c19-13-8-12(18(21)23)17-16(11-5-2-6-14(11)22-17)15(13)9-3-1-4-10(20)7-9/h7-8,10,22H,1-6,20H2,(H2,21,23). The van der Waals surface area contributed by atoms with Crippen molar-refractivity contribution in [3.63, 3.8) is 0 Å². The van der Waals surface area contributed by atoms with Gasteiger partial charge in [0, 0.05) is 22.7 Å². The highest BCUT2D eigenvalue weighted by Gasteiger charge is 2.27. The minimum absolute atomic E-state index is 0.0315. The Hall–Kier alpha value is -2.14. The Morgan fingerprint density at radius 3 is 2.83 bits per heavy atom. The van der Waals surface area contributed by atoms with E-state index in [1.54, 1.807) is 0 Å². The summed E-state index contributed by atoms with van der Waals surface area (Å²) in [5.74, 6) is -0.977. The van der Waals surface area contributed by atoms with Gasteiger partial charge in [-0.25, -0.2) is 4.39 Å². The largest absolute Gasteiger partial charge is 0.366 e. The third kappa shape index (κ3) is 2.18. The quantitative estimate of drug-likeness (QED) is 0.796. The van der Waals surface area contributed by atoms with Crippen molar-refractivity contribution in [2.75, 3.05) is 0 Å². The lowest BCUT2D eigenvalue weighted by Crippen LogP contribution is -2.20. The predicted molar refractivity (Wildman–Crippen MR) is 88.6 cm³/mol. The molecule has 1 heterocycles. The Labute approximate surface area is 133 Å². The first-order valence-corrected chi connectivity index (χ1v) is 8.18. The van der Waals surface area contributed by atoms with Crippen LogP contribution in [-0.2, 0) is 12.8 Å². The van der Waals surface area contributed by atoms with Crippen LogP contribution in [0.25, 0.3) is 16.5 Å². The van der Waals surface area contributed by atoms with E-state index in [0.717, 1.165) is 60.7 Å². The summed E-state index contributed by atoms with van der Waals surface area (Å²) in [5.41, 5.74) is 16.2. The van der Waals surface area contributed by atoms with E-state index in [-0.39, 0.29) is 17.4 Å². The summed E-state index contributed by atoms with van der Waals surface area (Å²) in [6.07, 6.45) is 7.56. The van der Waals surface area contributed by atoms with E-state index in [2.05, 4.69) is 4.98 Å². The third-order valence-electron chi connectivity index (χ3n) is 5.06. The van der Waals surface area contributed by atoms with Crippen molar-refractivity contribution in [3.05, 3.63) is 40.3 Å². The first kappa shape index (κ1) is 14.5. The molecule has 1 amide bonds. The fourth-order valence-corrected chi connectivity index (χ4v) is 4.06. The number of allylic oxidation sites excluding steroid dienone is 1. The van der Waals surface area contributed by atoms with Crippen molar-refractivity contribution in [1.29, 1.82) is 0 Å². The number of hydrogen-bond acceptors (Lipinski definition) is 2. The summed E-state index contributed by atoms with van der Waals surface area (Å²) < 4.78 is 14.9. The van der Waals surface area contributed by atoms with Crippen molar-refractivity contribution >= 4 is 22.4 Å². The molecular weight excluding hydrogens is 293 g/mol. The van der Waals surface area contributed by atoms with Gasteiger partial charge in [-0.2, -0.15) is 0 Å². The molecule has 0 saturated carbocycles. The maximum Gasteiger partial charge on any atom is 0.250 e. The lowest BCUT2D eigenvalue weighted by Gasteiger charge is -2.20. The summed E-state index contributed by atoms with van der Waals surface area (Å²) in [6.45, 7) is 0. The maximum absolute atomic E-state index is 14.9. The molecule has 1 aromatic carbocycles. The molecule has 5 heteroatoms.